The molecular formula is C37H40FN3O4S. The number of nitrogens with one attached hydrogen (secondary N) is 1. The topological polar surface area (TPSA) is 86.8 Å². The van der Waals surface area contributed by atoms with E-state index in [1.165, 1.54) is 16.4 Å². The smallest absolute Gasteiger partial charge is 0.243 e. The van der Waals surface area contributed by atoms with Crippen LogP contribution in [0.1, 0.15) is 47.1 Å². The molecule has 0 spiro atoms. The van der Waals surface area contributed by atoms with Crippen LogP contribution in [0.3, 0.4) is 0 Å². The van der Waals surface area contributed by atoms with Crippen LogP contribution in [0.15, 0.2) is 108 Å². The van der Waals surface area contributed by atoms with Crippen LogP contribution in [-0.4, -0.2) is 48.6 Å². The third kappa shape index (κ3) is 8.68. The first kappa shape index (κ1) is 33.0. The number of hydrogen-bond donors (Lipinski definition) is 1. The van der Waals surface area contributed by atoms with E-state index in [1.54, 1.807) is 41.3 Å². The molecule has 5 rings (SSSR count). The Balaban J connectivity index is 1.36. The lowest BCUT2D eigenvalue weighted by atomic mass is 10.0. The second-order valence-corrected chi connectivity index (χ2v) is 13.8. The van der Waals surface area contributed by atoms with Crippen molar-refractivity contribution in [2.24, 2.45) is 0 Å². The molecule has 1 saturated heterocycles. The fourth-order valence-electron chi connectivity index (χ4n) is 5.65. The fraction of sp³-hybridized carbons (Fsp3) is 0.297. The van der Waals surface area contributed by atoms with Crippen molar-refractivity contribution in [2.75, 3.05) is 13.1 Å². The van der Waals surface area contributed by atoms with E-state index in [2.05, 4.69) is 5.32 Å². The lowest BCUT2D eigenvalue weighted by molar-refractivity contribution is -0.141. The van der Waals surface area contributed by atoms with Crippen molar-refractivity contribution in [1.82, 2.24) is 14.5 Å². The lowest BCUT2D eigenvalue weighted by Crippen LogP contribution is -2.50. The number of sulfonamides is 1. The largest absolute Gasteiger partial charge is 0.350 e. The summed E-state index contributed by atoms with van der Waals surface area (Å²) in [4.78, 5) is 29.7. The molecule has 0 unspecified atom stereocenters. The second-order valence-electron chi connectivity index (χ2n) is 11.8. The number of halogens is 1. The van der Waals surface area contributed by atoms with E-state index in [-0.39, 0.29) is 35.5 Å². The Bertz CT molecular complexity index is 1710. The van der Waals surface area contributed by atoms with Crippen molar-refractivity contribution in [3.8, 4) is 0 Å². The van der Waals surface area contributed by atoms with Crippen molar-refractivity contribution >= 4 is 21.8 Å². The number of nitrogens with zero attached hydrogens (tertiary/aromatic N) is 2. The van der Waals surface area contributed by atoms with Crippen LogP contribution in [0.2, 0.25) is 0 Å². The zero-order chi connectivity index (χ0) is 32.5. The first-order valence-electron chi connectivity index (χ1n) is 15.7. The molecule has 1 N–H and O–H groups in total. The van der Waals surface area contributed by atoms with Gasteiger partial charge in [-0.05, 0) is 72.7 Å². The van der Waals surface area contributed by atoms with Crippen LogP contribution in [0.5, 0.6) is 0 Å². The van der Waals surface area contributed by atoms with Gasteiger partial charge in [0, 0.05) is 39.0 Å². The van der Waals surface area contributed by atoms with Gasteiger partial charge in [0.15, 0.2) is 0 Å². The summed E-state index contributed by atoms with van der Waals surface area (Å²) in [5.41, 5.74) is 4.50. The molecule has 1 fully saturated rings. The normalized spacial score (nSPS) is 14.1. The van der Waals surface area contributed by atoms with E-state index in [0.717, 1.165) is 35.1 Å². The molecular weight excluding hydrogens is 601 g/mol. The molecule has 4 aromatic rings. The summed E-state index contributed by atoms with van der Waals surface area (Å²) < 4.78 is 41.2. The maximum absolute atomic E-state index is 14.0. The van der Waals surface area contributed by atoms with Crippen LogP contribution >= 0.6 is 0 Å². The number of carbonyl (C=O) groups is 2. The average Bonchev–Trinajstić information content (AvgIpc) is 3.63. The third-order valence-corrected chi connectivity index (χ3v) is 10.3. The number of amides is 2. The Morgan fingerprint density at radius 1 is 0.804 bits per heavy atom. The Hall–Kier alpha value is -4.34. The maximum atomic E-state index is 14.0. The Labute approximate surface area is 271 Å². The summed E-state index contributed by atoms with van der Waals surface area (Å²) in [5, 5.41) is 3.03. The Kier molecular flexibility index (Phi) is 11.0. The highest BCUT2D eigenvalue weighted by atomic mass is 32.2. The minimum Gasteiger partial charge on any atom is -0.350 e. The molecule has 46 heavy (non-hydrogen) atoms. The number of benzene rings is 4. The maximum Gasteiger partial charge on any atom is 0.243 e. The molecule has 0 saturated carbocycles. The van der Waals surface area contributed by atoms with E-state index in [9.17, 15) is 22.4 Å². The summed E-state index contributed by atoms with van der Waals surface area (Å²) in [6.07, 6.45) is 2.50. The van der Waals surface area contributed by atoms with E-state index in [1.807, 2.05) is 61.5 Å². The molecule has 0 bridgehead atoms. The molecule has 1 aliphatic rings. The van der Waals surface area contributed by atoms with E-state index >= 15 is 0 Å². The molecule has 1 atom stereocenters. The molecule has 7 nitrogen and oxygen atoms in total. The van der Waals surface area contributed by atoms with Crippen LogP contribution in [-0.2, 0) is 45.5 Å². The summed E-state index contributed by atoms with van der Waals surface area (Å²) in [6.45, 7) is 3.51. The van der Waals surface area contributed by atoms with Gasteiger partial charge in [-0.3, -0.25) is 9.59 Å². The van der Waals surface area contributed by atoms with Crippen LogP contribution in [0.4, 0.5) is 4.39 Å². The molecule has 9 heteroatoms. The van der Waals surface area contributed by atoms with Gasteiger partial charge in [0.05, 0.1) is 4.90 Å². The quantitative estimate of drug-likeness (QED) is 0.200. The van der Waals surface area contributed by atoms with Crippen molar-refractivity contribution in [1.29, 1.82) is 0 Å². The molecule has 240 valence electrons. The molecule has 2 amide bonds. The van der Waals surface area contributed by atoms with E-state index in [4.69, 9.17) is 0 Å². The molecule has 0 aliphatic carbocycles. The summed E-state index contributed by atoms with van der Waals surface area (Å²) in [6, 6.07) is 29.3. The predicted molar refractivity (Wildman–Crippen MR) is 177 cm³/mol. The van der Waals surface area contributed by atoms with Gasteiger partial charge in [-0.2, -0.15) is 4.31 Å². The van der Waals surface area contributed by atoms with Gasteiger partial charge in [-0.25, -0.2) is 12.8 Å². The van der Waals surface area contributed by atoms with Crippen molar-refractivity contribution < 1.29 is 22.4 Å². The number of hydrogen-bond acceptors (Lipinski definition) is 4. The van der Waals surface area contributed by atoms with Crippen molar-refractivity contribution in [3.63, 3.8) is 0 Å². The predicted octanol–water partition coefficient (Wildman–Crippen LogP) is 5.81. The molecule has 4 aromatic carbocycles. The zero-order valence-electron chi connectivity index (χ0n) is 26.1. The molecule has 1 heterocycles. The van der Waals surface area contributed by atoms with Gasteiger partial charge in [-0.1, -0.05) is 84.4 Å². The number of carbonyl (C=O) groups excluding carboxylic acids is 2. The number of aryl methyl sites for hydroxylation is 2. The minimum atomic E-state index is -3.53. The van der Waals surface area contributed by atoms with E-state index < -0.39 is 16.1 Å². The Morgan fingerprint density at radius 3 is 2.07 bits per heavy atom. The van der Waals surface area contributed by atoms with Crippen molar-refractivity contribution in [2.45, 2.75) is 63.1 Å². The first-order chi connectivity index (χ1) is 22.2. The monoisotopic (exact) mass is 641 g/mol. The fourth-order valence-corrected chi connectivity index (χ4v) is 7.17. The van der Waals surface area contributed by atoms with Gasteiger partial charge in [0.2, 0.25) is 21.8 Å². The average molecular weight is 642 g/mol. The minimum absolute atomic E-state index is 0.107. The SMILES string of the molecule is Cc1ccc(CNC(=O)[C@@H](Cc2ccccc2)N(Cc2ccc(F)cc2)C(=O)CCc2ccc(S(=O)(=O)N3CCCC3)cc2)cc1. The zero-order valence-corrected chi connectivity index (χ0v) is 26.9. The Morgan fingerprint density at radius 2 is 1.41 bits per heavy atom. The molecule has 1 aliphatic heterocycles. The van der Waals surface area contributed by atoms with Gasteiger partial charge < -0.3 is 10.2 Å². The lowest BCUT2D eigenvalue weighted by Gasteiger charge is -2.32. The third-order valence-electron chi connectivity index (χ3n) is 8.38. The summed E-state index contributed by atoms with van der Waals surface area (Å²) >= 11 is 0. The van der Waals surface area contributed by atoms with Crippen LogP contribution in [0, 0.1) is 12.7 Å². The number of rotatable bonds is 13. The molecule has 0 aromatic heterocycles. The van der Waals surface area contributed by atoms with Gasteiger partial charge >= 0.3 is 0 Å². The van der Waals surface area contributed by atoms with Gasteiger partial charge in [0.25, 0.3) is 0 Å². The van der Waals surface area contributed by atoms with Crippen LogP contribution in [0.25, 0.3) is 0 Å². The van der Waals surface area contributed by atoms with Gasteiger partial charge in [0.1, 0.15) is 11.9 Å². The highest BCUT2D eigenvalue weighted by Gasteiger charge is 2.31. The first-order valence-corrected chi connectivity index (χ1v) is 17.1. The van der Waals surface area contributed by atoms with Crippen molar-refractivity contribution in [3.05, 3.63) is 137 Å². The second kappa shape index (κ2) is 15.3. The summed E-state index contributed by atoms with van der Waals surface area (Å²) in [5.74, 6) is -0.894. The van der Waals surface area contributed by atoms with E-state index in [0.29, 0.717) is 38.0 Å². The highest BCUT2D eigenvalue weighted by molar-refractivity contribution is 7.89. The molecule has 0 radical (unpaired) electrons. The summed E-state index contributed by atoms with van der Waals surface area (Å²) in [7, 11) is -3.53. The van der Waals surface area contributed by atoms with Gasteiger partial charge in [-0.15, -0.1) is 0 Å². The van der Waals surface area contributed by atoms with Crippen LogP contribution < -0.4 is 5.32 Å². The standard InChI is InChI=1S/C37H40FN3O4S/c1-28-9-11-31(12-10-28)26-39-37(43)35(25-30-7-3-2-4-8-30)41(27-32-13-18-33(38)19-14-32)36(42)22-17-29-15-20-34(21-16-29)46(44,45)40-23-5-6-24-40/h2-4,7-16,18-21,35H,5-6,17,22-27H2,1H3,(H,39,43)/t35-/m1/s1. The highest BCUT2D eigenvalue weighted by Crippen LogP contribution is 2.22.